The van der Waals surface area contributed by atoms with Gasteiger partial charge in [0.25, 0.3) is 10.8 Å². The van der Waals surface area contributed by atoms with Crippen molar-refractivity contribution in [3.8, 4) is 34.1 Å². The number of hydrogen-bond acceptors (Lipinski definition) is 12. The first-order valence-electron chi connectivity index (χ1n) is 10.4. The lowest BCUT2D eigenvalue weighted by Crippen LogP contribution is -2.45. The quantitative estimate of drug-likeness (QED) is 0.0917. The summed E-state index contributed by atoms with van der Waals surface area (Å²) in [5.41, 5.74) is 4.23. The molecule has 38 heavy (non-hydrogen) atoms. The van der Waals surface area contributed by atoms with Crippen molar-refractivity contribution in [1.82, 2.24) is 0 Å². The first kappa shape index (κ1) is 25.6. The second kappa shape index (κ2) is 9.87. The molecule has 0 saturated carbocycles. The van der Waals surface area contributed by atoms with Crippen LogP contribution in [-0.4, -0.2) is 23.7 Å². The minimum atomic E-state index is -5.01. The van der Waals surface area contributed by atoms with Gasteiger partial charge in [0.1, 0.15) is 27.9 Å². The maximum atomic E-state index is 13.4. The molecule has 0 spiro atoms. The minimum Gasteiger partial charge on any atom is -0.508 e. The normalized spacial score (nSPS) is 12.4. The van der Waals surface area contributed by atoms with Gasteiger partial charge in [-0.2, -0.15) is 13.9 Å². The Labute approximate surface area is 212 Å². The van der Waals surface area contributed by atoms with Crippen molar-refractivity contribution in [3.63, 3.8) is 0 Å². The van der Waals surface area contributed by atoms with Crippen molar-refractivity contribution in [2.24, 2.45) is 15.4 Å². The molecule has 2 aliphatic rings. The van der Waals surface area contributed by atoms with Crippen LogP contribution in [0.1, 0.15) is 11.1 Å². The fraction of sp³-hybridized carbons (Fsp3) is 0.0435. The number of aromatic hydroxyl groups is 3. The zero-order valence-corrected chi connectivity index (χ0v) is 19.7. The number of nitrogens with zero attached hydrogens (tertiary/aromatic N) is 5. The molecule has 0 radical (unpaired) electrons. The summed E-state index contributed by atoms with van der Waals surface area (Å²) in [5.74, 6) is -1.18. The smallest absolute Gasteiger partial charge is 0.342 e. The predicted molar refractivity (Wildman–Crippen MR) is 128 cm³/mol. The molecule has 2 aromatic rings. The molecule has 0 unspecified atom stereocenters. The number of phenols is 3. The third-order valence-electron chi connectivity index (χ3n) is 5.42. The first-order valence-corrected chi connectivity index (χ1v) is 11.8. The van der Waals surface area contributed by atoms with Crippen LogP contribution in [-0.2, 0) is 16.5 Å². The fourth-order valence-corrected chi connectivity index (χ4v) is 5.03. The summed E-state index contributed by atoms with van der Waals surface area (Å²) in [4.78, 5) is 24.3. The standard InChI is InChI=1S/C23H14N6O8S/c24-28-26-16-3-1-2-15-19(16)23(20(27-29-25)22(34)21(15)33)38(35,36)37-14-7-5-12(18(32)10-14)8-11-4-6-13(30)9-17(11)31/h1-7,9-10,25H,8H2,(H2-,30,31,32)/p+1. The number of rotatable bonds is 6. The van der Waals surface area contributed by atoms with Gasteiger partial charge in [-0.05, 0) is 29.3 Å². The number of benzene rings is 4. The topological polar surface area (TPSA) is 227 Å². The molecule has 0 atom stereocenters. The zero-order chi connectivity index (χ0) is 27.6. The van der Waals surface area contributed by atoms with Crippen LogP contribution in [0.4, 0.5) is 0 Å². The maximum Gasteiger partial charge on any atom is 0.342 e. The van der Waals surface area contributed by atoms with E-state index in [1.54, 1.807) is 0 Å². The Balaban J connectivity index is 1.85. The molecule has 2 aromatic carbocycles. The summed E-state index contributed by atoms with van der Waals surface area (Å²) < 4.78 is 31.9. The van der Waals surface area contributed by atoms with Crippen LogP contribution >= 0.6 is 0 Å². The van der Waals surface area contributed by atoms with Gasteiger partial charge in [-0.25, -0.2) is 0 Å². The highest BCUT2D eigenvalue weighted by molar-refractivity contribution is 7.87. The van der Waals surface area contributed by atoms with Crippen LogP contribution in [0.15, 0.2) is 84.5 Å². The average Bonchev–Trinajstić information content (AvgIpc) is 2.86. The van der Waals surface area contributed by atoms with Crippen molar-refractivity contribution in [3.05, 3.63) is 102 Å². The number of nitrogens with one attached hydrogen (secondary N) is 1. The van der Waals surface area contributed by atoms with Crippen molar-refractivity contribution in [2.75, 3.05) is 0 Å². The van der Waals surface area contributed by atoms with Gasteiger partial charge in [-0.15, -0.1) is 5.10 Å². The van der Waals surface area contributed by atoms with E-state index in [0.717, 1.165) is 18.2 Å². The highest BCUT2D eigenvalue weighted by Crippen LogP contribution is 2.31. The van der Waals surface area contributed by atoms with Crippen LogP contribution in [0.2, 0.25) is 0 Å². The van der Waals surface area contributed by atoms with E-state index >= 15 is 0 Å². The molecule has 0 heterocycles. The molecule has 0 aliphatic heterocycles. The van der Waals surface area contributed by atoms with E-state index in [2.05, 4.69) is 20.5 Å². The van der Waals surface area contributed by atoms with Crippen LogP contribution < -0.4 is 25.8 Å². The summed E-state index contributed by atoms with van der Waals surface area (Å²) >= 11 is 0. The molecule has 190 valence electrons. The van der Waals surface area contributed by atoms with Crippen molar-refractivity contribution >= 4 is 10.1 Å². The Hall–Kier alpha value is -5.49. The molecule has 0 bridgehead atoms. The van der Waals surface area contributed by atoms with Crippen LogP contribution in [0.3, 0.4) is 0 Å². The van der Waals surface area contributed by atoms with E-state index in [1.165, 1.54) is 36.4 Å². The van der Waals surface area contributed by atoms with Crippen LogP contribution in [0.25, 0.3) is 16.2 Å². The van der Waals surface area contributed by atoms with Crippen molar-refractivity contribution in [2.45, 2.75) is 11.3 Å². The monoisotopic (exact) mass is 535 g/mol. The van der Waals surface area contributed by atoms with Gasteiger partial charge >= 0.3 is 15.2 Å². The van der Waals surface area contributed by atoms with Gasteiger partial charge in [0, 0.05) is 29.7 Å². The van der Waals surface area contributed by atoms with E-state index in [4.69, 9.17) is 15.1 Å². The van der Waals surface area contributed by atoms with E-state index in [0.29, 0.717) is 5.56 Å². The van der Waals surface area contributed by atoms with Gasteiger partial charge in [0.05, 0.1) is 0 Å². The Kier molecular flexibility index (Phi) is 6.65. The molecule has 0 amide bonds. The van der Waals surface area contributed by atoms with Gasteiger partial charge in [-0.1, -0.05) is 29.5 Å². The second-order valence-electron chi connectivity index (χ2n) is 7.74. The van der Waals surface area contributed by atoms with Crippen molar-refractivity contribution in [1.29, 1.82) is 10.9 Å². The summed E-state index contributed by atoms with van der Waals surface area (Å²) in [6.45, 7) is 0. The predicted octanol–water partition coefficient (Wildman–Crippen LogP) is 1.38. The van der Waals surface area contributed by atoms with Gasteiger partial charge in [-0.3, -0.25) is 9.59 Å². The lowest BCUT2D eigenvalue weighted by atomic mass is 10.0. The first-order chi connectivity index (χ1) is 18.1. The molecule has 2 aliphatic carbocycles. The maximum absolute atomic E-state index is 13.4. The Morgan fingerprint density at radius 2 is 1.63 bits per heavy atom. The number of phenolic OH excluding ortho intramolecular Hbond substituents is 3. The summed E-state index contributed by atoms with van der Waals surface area (Å²) in [7, 11) is -5.01. The number of hydrogen-bond donors (Lipinski definition) is 4. The Morgan fingerprint density at radius 1 is 0.947 bits per heavy atom. The van der Waals surface area contributed by atoms with E-state index < -0.39 is 53.9 Å². The molecule has 4 rings (SSSR count). The third-order valence-corrected chi connectivity index (χ3v) is 6.72. The fourth-order valence-electron chi connectivity index (χ4n) is 3.76. The minimum absolute atomic E-state index is 0.0175. The second-order valence-corrected chi connectivity index (χ2v) is 9.23. The number of diazo groups is 1. The molecule has 0 aromatic heterocycles. The molecule has 14 nitrogen and oxygen atoms in total. The zero-order valence-electron chi connectivity index (χ0n) is 18.9. The summed E-state index contributed by atoms with van der Waals surface area (Å²) in [5, 5.41) is 49.3. The SMILES string of the molecule is N#[N+]N=c1cccc2c(=O)c(=O)c(=NN=N)c(S(=O)(=O)Oc3ccc(Cc4ccc(O)cc4O)c(O)c3)c1-2. The van der Waals surface area contributed by atoms with Crippen LogP contribution in [0.5, 0.6) is 23.0 Å². The molecular weight excluding hydrogens is 520 g/mol. The average molecular weight is 535 g/mol. The number of fused-ring (bicyclic) bond motifs is 1. The molecule has 0 saturated heterocycles. The molecule has 0 fully saturated rings. The van der Waals surface area contributed by atoms with Crippen molar-refractivity contribution < 1.29 is 27.9 Å². The summed E-state index contributed by atoms with van der Waals surface area (Å²) in [6, 6.07) is 11.0. The van der Waals surface area contributed by atoms with Crippen LogP contribution in [0, 0.1) is 10.9 Å². The largest absolute Gasteiger partial charge is 0.508 e. The Morgan fingerprint density at radius 3 is 2.26 bits per heavy atom. The van der Waals surface area contributed by atoms with E-state index in [-0.39, 0.29) is 28.8 Å². The molecular formula is C23H15N6O8S+. The highest BCUT2D eigenvalue weighted by atomic mass is 32.2. The highest BCUT2D eigenvalue weighted by Gasteiger charge is 2.32. The van der Waals surface area contributed by atoms with E-state index in [9.17, 15) is 33.3 Å². The Bertz CT molecular complexity index is 1960. The van der Waals surface area contributed by atoms with E-state index in [1.807, 2.05) is 0 Å². The lowest BCUT2D eigenvalue weighted by Gasteiger charge is -2.13. The lowest BCUT2D eigenvalue weighted by molar-refractivity contribution is 0.445. The van der Waals surface area contributed by atoms with Gasteiger partial charge < -0.3 is 19.5 Å². The molecule has 4 N–H and O–H groups in total. The van der Waals surface area contributed by atoms with Gasteiger partial charge in [0.15, 0.2) is 15.8 Å². The molecule has 15 heteroatoms. The third kappa shape index (κ3) is 4.66. The summed E-state index contributed by atoms with van der Waals surface area (Å²) in [6.07, 6.45) is 0.0175. The van der Waals surface area contributed by atoms with Gasteiger partial charge in [0.2, 0.25) is 5.43 Å².